The summed E-state index contributed by atoms with van der Waals surface area (Å²) in [4.78, 5) is 12.4. The van der Waals surface area contributed by atoms with Gasteiger partial charge in [0.05, 0.1) is 17.7 Å². The lowest BCUT2D eigenvalue weighted by molar-refractivity contribution is -0.118. The van der Waals surface area contributed by atoms with Crippen LogP contribution in [-0.2, 0) is 14.8 Å². The fourth-order valence-corrected chi connectivity index (χ4v) is 3.39. The van der Waals surface area contributed by atoms with Gasteiger partial charge in [0.15, 0.2) is 6.61 Å². The quantitative estimate of drug-likeness (QED) is 0.783. The van der Waals surface area contributed by atoms with Gasteiger partial charge in [-0.05, 0) is 55.3 Å². The van der Waals surface area contributed by atoms with E-state index in [0.717, 1.165) is 9.87 Å². The fraction of sp³-hybridized carbons (Fsp3) is 0.316. The minimum atomic E-state index is -3.52. The van der Waals surface area contributed by atoms with E-state index < -0.39 is 10.0 Å². The van der Waals surface area contributed by atoms with Crippen molar-refractivity contribution in [1.29, 1.82) is 0 Å². The van der Waals surface area contributed by atoms with Gasteiger partial charge in [0.25, 0.3) is 5.91 Å². The standard InChI is InChI=1S/C19H24N2O5S/c1-13-6-8-18(25-5)16(10-13)20-19(22)12-26-17-9-7-15(11-14(17)2)27(23,24)21(3)4/h6-11H,12H2,1-5H3,(H,20,22). The molecule has 7 nitrogen and oxygen atoms in total. The summed E-state index contributed by atoms with van der Waals surface area (Å²) < 4.78 is 36.2. The van der Waals surface area contributed by atoms with Gasteiger partial charge in [0, 0.05) is 14.1 Å². The molecule has 0 unspecified atom stereocenters. The number of rotatable bonds is 7. The normalized spacial score (nSPS) is 11.3. The maximum atomic E-state index is 12.2. The van der Waals surface area contributed by atoms with Crippen LogP contribution in [0.3, 0.4) is 0 Å². The monoisotopic (exact) mass is 392 g/mol. The number of nitrogens with one attached hydrogen (secondary N) is 1. The molecule has 2 rings (SSSR count). The second-order valence-corrected chi connectivity index (χ2v) is 8.41. The zero-order chi connectivity index (χ0) is 20.2. The van der Waals surface area contributed by atoms with Crippen molar-refractivity contribution in [3.63, 3.8) is 0 Å². The number of carbonyl (C=O) groups excluding carboxylic acids is 1. The molecule has 0 saturated carbocycles. The Bertz CT molecular complexity index is 939. The summed E-state index contributed by atoms with van der Waals surface area (Å²) in [5, 5.41) is 2.75. The number of amides is 1. The average molecular weight is 392 g/mol. The van der Waals surface area contributed by atoms with Crippen LogP contribution in [-0.4, -0.2) is 46.4 Å². The Morgan fingerprint density at radius 3 is 2.33 bits per heavy atom. The van der Waals surface area contributed by atoms with Crippen LogP contribution in [0.15, 0.2) is 41.3 Å². The van der Waals surface area contributed by atoms with Crippen LogP contribution >= 0.6 is 0 Å². The molecule has 0 aliphatic heterocycles. The first-order valence-electron chi connectivity index (χ1n) is 8.25. The molecule has 8 heteroatoms. The van der Waals surface area contributed by atoms with E-state index in [1.807, 2.05) is 19.1 Å². The van der Waals surface area contributed by atoms with Crippen LogP contribution in [0.1, 0.15) is 11.1 Å². The van der Waals surface area contributed by atoms with Crippen molar-refractivity contribution in [2.45, 2.75) is 18.7 Å². The van der Waals surface area contributed by atoms with E-state index in [0.29, 0.717) is 22.7 Å². The molecule has 0 aliphatic carbocycles. The molecule has 0 spiro atoms. The van der Waals surface area contributed by atoms with Crippen LogP contribution in [0.5, 0.6) is 11.5 Å². The highest BCUT2D eigenvalue weighted by molar-refractivity contribution is 7.89. The summed E-state index contributed by atoms with van der Waals surface area (Å²) in [6.45, 7) is 3.43. The molecule has 0 saturated heterocycles. The zero-order valence-electron chi connectivity index (χ0n) is 16.1. The highest BCUT2D eigenvalue weighted by Crippen LogP contribution is 2.26. The van der Waals surface area contributed by atoms with E-state index >= 15 is 0 Å². The molecule has 0 heterocycles. The lowest BCUT2D eigenvalue weighted by Crippen LogP contribution is -2.22. The van der Waals surface area contributed by atoms with Crippen molar-refractivity contribution < 1.29 is 22.7 Å². The second-order valence-electron chi connectivity index (χ2n) is 6.26. The molecule has 146 valence electrons. The molecule has 0 fully saturated rings. The molecule has 0 radical (unpaired) electrons. The summed E-state index contributed by atoms with van der Waals surface area (Å²) >= 11 is 0. The first-order chi connectivity index (χ1) is 12.6. The van der Waals surface area contributed by atoms with Gasteiger partial charge >= 0.3 is 0 Å². The van der Waals surface area contributed by atoms with Gasteiger partial charge in [-0.25, -0.2) is 12.7 Å². The number of benzene rings is 2. The molecule has 0 aliphatic rings. The maximum absolute atomic E-state index is 12.2. The summed E-state index contributed by atoms with van der Waals surface area (Å²) in [6, 6.07) is 10.00. The maximum Gasteiger partial charge on any atom is 0.262 e. The van der Waals surface area contributed by atoms with Gasteiger partial charge < -0.3 is 14.8 Å². The molecule has 0 aromatic heterocycles. The third-order valence-corrected chi connectivity index (χ3v) is 5.72. The van der Waals surface area contributed by atoms with Gasteiger partial charge in [-0.1, -0.05) is 6.07 Å². The topological polar surface area (TPSA) is 84.9 Å². The molecule has 1 amide bonds. The Hall–Kier alpha value is -2.58. The fourth-order valence-electron chi connectivity index (χ4n) is 2.40. The van der Waals surface area contributed by atoms with E-state index in [9.17, 15) is 13.2 Å². The Morgan fingerprint density at radius 1 is 1.07 bits per heavy atom. The molecule has 1 N–H and O–H groups in total. The predicted octanol–water partition coefficient (Wildman–Crippen LogP) is 2.58. The van der Waals surface area contributed by atoms with Crippen LogP contribution < -0.4 is 14.8 Å². The average Bonchev–Trinajstić information content (AvgIpc) is 2.60. The van der Waals surface area contributed by atoms with E-state index in [4.69, 9.17) is 9.47 Å². The van der Waals surface area contributed by atoms with Gasteiger partial charge in [-0.3, -0.25) is 4.79 Å². The first kappa shape index (κ1) is 20.7. The number of anilines is 1. The van der Waals surface area contributed by atoms with Gasteiger partial charge in [-0.2, -0.15) is 0 Å². The second kappa shape index (κ2) is 8.41. The molecule has 2 aromatic carbocycles. The van der Waals surface area contributed by atoms with Gasteiger partial charge in [-0.15, -0.1) is 0 Å². The van der Waals surface area contributed by atoms with Crippen molar-refractivity contribution in [3.05, 3.63) is 47.5 Å². The number of aryl methyl sites for hydroxylation is 2. The third kappa shape index (κ3) is 4.99. The van der Waals surface area contributed by atoms with Gasteiger partial charge in [0.1, 0.15) is 11.5 Å². The summed E-state index contributed by atoms with van der Waals surface area (Å²) in [7, 11) is 0.958. The highest BCUT2D eigenvalue weighted by atomic mass is 32.2. The van der Waals surface area contributed by atoms with Gasteiger partial charge in [0.2, 0.25) is 10.0 Å². The number of sulfonamides is 1. The molecular formula is C19H24N2O5S. The minimum Gasteiger partial charge on any atom is -0.495 e. The predicted molar refractivity (Wildman–Crippen MR) is 104 cm³/mol. The molecular weight excluding hydrogens is 368 g/mol. The number of carbonyl (C=O) groups is 1. The Labute approximate surface area is 160 Å². The lowest BCUT2D eigenvalue weighted by Gasteiger charge is -2.14. The number of hydrogen-bond donors (Lipinski definition) is 1. The lowest BCUT2D eigenvalue weighted by atomic mass is 10.2. The van der Waals surface area contributed by atoms with E-state index in [2.05, 4.69) is 5.32 Å². The van der Waals surface area contributed by atoms with E-state index in [-0.39, 0.29) is 17.4 Å². The van der Waals surface area contributed by atoms with Crippen LogP contribution in [0, 0.1) is 13.8 Å². The van der Waals surface area contributed by atoms with E-state index in [1.165, 1.54) is 33.3 Å². The first-order valence-corrected chi connectivity index (χ1v) is 9.69. The molecule has 0 bridgehead atoms. The van der Waals surface area contributed by atoms with Crippen LogP contribution in [0.2, 0.25) is 0 Å². The Morgan fingerprint density at radius 2 is 1.74 bits per heavy atom. The van der Waals surface area contributed by atoms with Crippen molar-refractivity contribution in [1.82, 2.24) is 4.31 Å². The number of methoxy groups -OCH3 is 1. The number of ether oxygens (including phenoxy) is 2. The number of hydrogen-bond acceptors (Lipinski definition) is 5. The summed E-state index contributed by atoms with van der Waals surface area (Å²) in [5.41, 5.74) is 2.18. The van der Waals surface area contributed by atoms with E-state index in [1.54, 1.807) is 19.1 Å². The Kier molecular flexibility index (Phi) is 6.45. The summed E-state index contributed by atoms with van der Waals surface area (Å²) in [5.74, 6) is 0.658. The highest BCUT2D eigenvalue weighted by Gasteiger charge is 2.18. The van der Waals surface area contributed by atoms with Crippen molar-refractivity contribution in [2.24, 2.45) is 0 Å². The van der Waals surface area contributed by atoms with Crippen molar-refractivity contribution in [2.75, 3.05) is 33.1 Å². The Balaban J connectivity index is 2.07. The summed E-state index contributed by atoms with van der Waals surface area (Å²) in [6.07, 6.45) is 0. The van der Waals surface area contributed by atoms with Crippen LogP contribution in [0.4, 0.5) is 5.69 Å². The largest absolute Gasteiger partial charge is 0.495 e. The smallest absolute Gasteiger partial charge is 0.262 e. The molecule has 2 aromatic rings. The van der Waals surface area contributed by atoms with Crippen molar-refractivity contribution in [3.8, 4) is 11.5 Å². The minimum absolute atomic E-state index is 0.172. The third-order valence-electron chi connectivity index (χ3n) is 3.91. The molecule has 0 atom stereocenters. The number of nitrogens with zero attached hydrogens (tertiary/aromatic N) is 1. The van der Waals surface area contributed by atoms with Crippen LogP contribution in [0.25, 0.3) is 0 Å². The zero-order valence-corrected chi connectivity index (χ0v) is 16.9. The SMILES string of the molecule is COc1ccc(C)cc1NC(=O)COc1ccc(S(=O)(=O)N(C)C)cc1C. The van der Waals surface area contributed by atoms with Crippen molar-refractivity contribution >= 4 is 21.6 Å². The molecule has 27 heavy (non-hydrogen) atoms.